The van der Waals surface area contributed by atoms with Crippen LogP contribution in [0.4, 0.5) is 5.82 Å². The largest absolute Gasteiger partial charge is 0.358 e. The Morgan fingerprint density at radius 1 is 1.47 bits per heavy atom. The first kappa shape index (κ1) is 12.1. The Balaban J connectivity index is 2.34. The number of sulfonamides is 1. The number of hydrogen-bond donors (Lipinski definition) is 1. The third-order valence-corrected chi connectivity index (χ3v) is 4.22. The van der Waals surface area contributed by atoms with Crippen molar-refractivity contribution in [3.05, 3.63) is 34.8 Å². The number of halogens is 1. The summed E-state index contributed by atoms with van der Waals surface area (Å²) in [5, 5.41) is 3.59. The summed E-state index contributed by atoms with van der Waals surface area (Å²) in [4.78, 5) is 3.81. The van der Waals surface area contributed by atoms with Crippen LogP contribution in [0.3, 0.4) is 0 Å². The average molecular weight is 318 g/mol. The van der Waals surface area contributed by atoms with E-state index in [1.165, 1.54) is 24.5 Å². The molecule has 0 spiro atoms. The predicted molar refractivity (Wildman–Crippen MR) is 64.0 cm³/mol. The number of nitrogens with one attached hydrogen (secondary N) is 1. The zero-order valence-electron chi connectivity index (χ0n) is 8.71. The van der Waals surface area contributed by atoms with Crippen LogP contribution in [0.2, 0.25) is 0 Å². The minimum Gasteiger partial charge on any atom is -0.358 e. The lowest BCUT2D eigenvalue weighted by atomic mass is 10.5. The molecule has 0 aromatic carbocycles. The fraction of sp³-hybridized carbons (Fsp3) is 0.111. The monoisotopic (exact) mass is 317 g/mol. The summed E-state index contributed by atoms with van der Waals surface area (Å²) in [6.45, 7) is 1.67. The molecule has 90 valence electrons. The van der Waals surface area contributed by atoms with E-state index >= 15 is 0 Å². The Morgan fingerprint density at radius 2 is 2.24 bits per heavy atom. The van der Waals surface area contributed by atoms with Gasteiger partial charge in [0, 0.05) is 12.4 Å². The van der Waals surface area contributed by atoms with Crippen LogP contribution in [0.1, 0.15) is 5.76 Å². The first-order valence-corrected chi connectivity index (χ1v) is 6.83. The van der Waals surface area contributed by atoms with Gasteiger partial charge in [0.05, 0.1) is 0 Å². The summed E-state index contributed by atoms with van der Waals surface area (Å²) in [5.41, 5.74) is 0. The molecule has 0 aliphatic carbocycles. The molecule has 0 fully saturated rings. The van der Waals surface area contributed by atoms with Gasteiger partial charge >= 0.3 is 0 Å². The van der Waals surface area contributed by atoms with Crippen LogP contribution in [0, 0.1) is 6.92 Å². The van der Waals surface area contributed by atoms with E-state index in [0.29, 0.717) is 10.2 Å². The van der Waals surface area contributed by atoms with Gasteiger partial charge in [-0.3, -0.25) is 9.71 Å². The minimum absolute atomic E-state index is 0.0625. The number of pyridine rings is 1. The highest BCUT2D eigenvalue weighted by Crippen LogP contribution is 2.26. The fourth-order valence-electron chi connectivity index (χ4n) is 1.12. The van der Waals surface area contributed by atoms with Gasteiger partial charge in [-0.1, -0.05) is 5.16 Å². The standard InChI is InChI=1S/C9H8BrN3O3S/c1-6-8(10)9(12-16-6)13-17(14,15)7-3-2-4-11-5-7/h2-5H,1H3,(H,12,13). The Morgan fingerprint density at radius 3 is 2.76 bits per heavy atom. The Labute approximate surface area is 106 Å². The molecular formula is C9H8BrN3O3S. The Hall–Kier alpha value is -1.41. The molecule has 17 heavy (non-hydrogen) atoms. The van der Waals surface area contributed by atoms with E-state index in [1.54, 1.807) is 6.92 Å². The van der Waals surface area contributed by atoms with Gasteiger partial charge in [0.1, 0.15) is 15.1 Å². The zero-order valence-corrected chi connectivity index (χ0v) is 11.1. The van der Waals surface area contributed by atoms with E-state index in [-0.39, 0.29) is 10.7 Å². The van der Waals surface area contributed by atoms with Crippen molar-refractivity contribution in [3.8, 4) is 0 Å². The number of anilines is 1. The van der Waals surface area contributed by atoms with Gasteiger partial charge in [-0.15, -0.1) is 0 Å². The summed E-state index contributed by atoms with van der Waals surface area (Å²) < 4.78 is 31.4. The molecule has 0 aliphatic heterocycles. The van der Waals surface area contributed by atoms with Gasteiger partial charge in [0.15, 0.2) is 5.82 Å². The van der Waals surface area contributed by atoms with Crippen molar-refractivity contribution in [2.45, 2.75) is 11.8 Å². The summed E-state index contributed by atoms with van der Waals surface area (Å²) in [6, 6.07) is 2.98. The van der Waals surface area contributed by atoms with Crippen molar-refractivity contribution < 1.29 is 12.9 Å². The van der Waals surface area contributed by atoms with Crippen LogP contribution in [0.5, 0.6) is 0 Å². The van der Waals surface area contributed by atoms with Crippen LogP contribution >= 0.6 is 15.9 Å². The van der Waals surface area contributed by atoms with Crippen molar-refractivity contribution >= 4 is 31.8 Å². The Kier molecular flexibility index (Phi) is 3.16. The minimum atomic E-state index is -3.69. The average Bonchev–Trinajstić information content (AvgIpc) is 2.62. The lowest BCUT2D eigenvalue weighted by Crippen LogP contribution is -2.13. The molecule has 0 bridgehead atoms. The summed E-state index contributed by atoms with van der Waals surface area (Å²) in [7, 11) is -3.69. The van der Waals surface area contributed by atoms with Gasteiger partial charge in [-0.2, -0.15) is 0 Å². The number of rotatable bonds is 3. The normalized spacial score (nSPS) is 11.4. The lowest BCUT2D eigenvalue weighted by molar-refractivity contribution is 0.399. The molecule has 1 N–H and O–H groups in total. The van der Waals surface area contributed by atoms with E-state index < -0.39 is 10.0 Å². The van der Waals surface area contributed by atoms with Gasteiger partial charge in [0.25, 0.3) is 10.0 Å². The maximum absolute atomic E-state index is 11.9. The van der Waals surface area contributed by atoms with Gasteiger partial charge < -0.3 is 4.52 Å². The number of hydrogen-bond acceptors (Lipinski definition) is 5. The summed E-state index contributed by atoms with van der Waals surface area (Å²) in [6.07, 6.45) is 2.75. The highest BCUT2D eigenvalue weighted by molar-refractivity contribution is 9.10. The molecule has 2 rings (SSSR count). The predicted octanol–water partition coefficient (Wildman–Crippen LogP) is 1.94. The van der Waals surface area contributed by atoms with Gasteiger partial charge in [-0.05, 0) is 35.0 Å². The second-order valence-electron chi connectivity index (χ2n) is 3.20. The molecule has 8 heteroatoms. The van der Waals surface area contributed by atoms with Crippen LogP contribution in [0.25, 0.3) is 0 Å². The molecule has 0 aliphatic rings. The molecule has 6 nitrogen and oxygen atoms in total. The second kappa shape index (κ2) is 4.46. The molecule has 2 heterocycles. The van der Waals surface area contributed by atoms with Gasteiger partial charge in [-0.25, -0.2) is 8.42 Å². The third-order valence-electron chi connectivity index (χ3n) is 1.97. The van der Waals surface area contributed by atoms with E-state index in [4.69, 9.17) is 4.52 Å². The lowest BCUT2D eigenvalue weighted by Gasteiger charge is -2.04. The maximum atomic E-state index is 11.9. The smallest absolute Gasteiger partial charge is 0.264 e. The van der Waals surface area contributed by atoms with Crippen LogP contribution in [-0.4, -0.2) is 18.6 Å². The molecular weight excluding hydrogens is 310 g/mol. The molecule has 0 saturated carbocycles. The number of nitrogens with zero attached hydrogens (tertiary/aromatic N) is 2. The van der Waals surface area contributed by atoms with Crippen LogP contribution < -0.4 is 4.72 Å². The molecule has 0 atom stereocenters. The van der Waals surface area contributed by atoms with Crippen LogP contribution in [-0.2, 0) is 10.0 Å². The molecule has 0 amide bonds. The summed E-state index contributed by atoms with van der Waals surface area (Å²) in [5.74, 6) is 0.611. The quantitative estimate of drug-likeness (QED) is 0.935. The summed E-state index contributed by atoms with van der Waals surface area (Å²) >= 11 is 3.18. The topological polar surface area (TPSA) is 85.1 Å². The number of aromatic nitrogens is 2. The second-order valence-corrected chi connectivity index (χ2v) is 5.67. The molecule has 0 saturated heterocycles. The molecule has 2 aromatic heterocycles. The third kappa shape index (κ3) is 2.47. The van der Waals surface area contributed by atoms with E-state index in [1.807, 2.05) is 0 Å². The van der Waals surface area contributed by atoms with E-state index in [9.17, 15) is 8.42 Å². The Bertz CT molecular complexity index is 624. The van der Waals surface area contributed by atoms with E-state index in [0.717, 1.165) is 0 Å². The molecule has 0 radical (unpaired) electrons. The fourth-order valence-corrected chi connectivity index (χ4v) is 2.46. The first-order chi connectivity index (χ1) is 8.00. The highest BCUT2D eigenvalue weighted by Gasteiger charge is 2.19. The first-order valence-electron chi connectivity index (χ1n) is 4.55. The number of aryl methyl sites for hydroxylation is 1. The SMILES string of the molecule is Cc1onc(NS(=O)(=O)c2cccnc2)c1Br. The van der Waals surface area contributed by atoms with Crippen molar-refractivity contribution in [1.29, 1.82) is 0 Å². The van der Waals surface area contributed by atoms with E-state index in [2.05, 4.69) is 30.8 Å². The van der Waals surface area contributed by atoms with Crippen molar-refractivity contribution in [1.82, 2.24) is 10.1 Å². The molecule has 2 aromatic rings. The molecule has 0 unspecified atom stereocenters. The zero-order chi connectivity index (χ0) is 12.5. The van der Waals surface area contributed by atoms with Gasteiger partial charge in [0.2, 0.25) is 0 Å². The van der Waals surface area contributed by atoms with Crippen LogP contribution in [0.15, 0.2) is 38.4 Å². The van der Waals surface area contributed by atoms with Crippen molar-refractivity contribution in [2.24, 2.45) is 0 Å². The highest BCUT2D eigenvalue weighted by atomic mass is 79.9. The van der Waals surface area contributed by atoms with Crippen molar-refractivity contribution in [3.63, 3.8) is 0 Å². The van der Waals surface area contributed by atoms with Crippen molar-refractivity contribution in [2.75, 3.05) is 4.72 Å². The maximum Gasteiger partial charge on any atom is 0.264 e.